The number of hydrogen-bond donors (Lipinski definition) is 1. The molecule has 0 amide bonds. The van der Waals surface area contributed by atoms with E-state index in [2.05, 4.69) is 9.97 Å². The Labute approximate surface area is 104 Å². The van der Waals surface area contributed by atoms with E-state index in [-0.39, 0.29) is 24.7 Å². The molecule has 7 heteroatoms. The summed E-state index contributed by atoms with van der Waals surface area (Å²) < 4.78 is 4.73. The van der Waals surface area contributed by atoms with Crippen LogP contribution >= 0.6 is 0 Å². The molecule has 0 fully saturated rings. The van der Waals surface area contributed by atoms with Crippen molar-refractivity contribution in [2.75, 3.05) is 18.1 Å². The average molecular weight is 250 g/mol. The molecule has 0 bridgehead atoms. The van der Waals surface area contributed by atoms with Gasteiger partial charge in [-0.25, -0.2) is 9.88 Å². The fourth-order valence-electron chi connectivity index (χ4n) is 1.25. The van der Waals surface area contributed by atoms with Crippen molar-refractivity contribution in [1.29, 1.82) is 5.26 Å². The minimum atomic E-state index is -0.556. The maximum atomic E-state index is 11.5. The molecule has 0 aliphatic heterocycles. The van der Waals surface area contributed by atoms with Crippen LogP contribution in [0.1, 0.15) is 18.2 Å². The Morgan fingerprint density at radius 1 is 1.56 bits per heavy atom. The zero-order chi connectivity index (χ0) is 13.7. The lowest BCUT2D eigenvalue weighted by atomic mass is 10.3. The van der Waals surface area contributed by atoms with Crippen molar-refractivity contribution in [3.8, 4) is 6.19 Å². The maximum absolute atomic E-state index is 11.5. The van der Waals surface area contributed by atoms with E-state index in [9.17, 15) is 9.59 Å². The molecule has 1 aromatic rings. The predicted molar refractivity (Wildman–Crippen MR) is 63.9 cm³/mol. The highest BCUT2D eigenvalue weighted by Crippen LogP contribution is 2.06. The number of rotatable bonds is 4. The summed E-state index contributed by atoms with van der Waals surface area (Å²) in [5.74, 6) is -0.515. The Hall–Kier alpha value is -2.36. The van der Waals surface area contributed by atoms with Crippen LogP contribution in [-0.4, -0.2) is 29.1 Å². The third-order valence-corrected chi connectivity index (χ3v) is 2.35. The summed E-state index contributed by atoms with van der Waals surface area (Å²) >= 11 is 0. The van der Waals surface area contributed by atoms with Crippen molar-refractivity contribution >= 4 is 11.9 Å². The first-order valence-electron chi connectivity index (χ1n) is 5.40. The van der Waals surface area contributed by atoms with Crippen LogP contribution in [0.4, 0.5) is 5.95 Å². The molecule has 0 saturated carbocycles. The van der Waals surface area contributed by atoms with Crippen molar-refractivity contribution in [2.45, 2.75) is 20.8 Å². The average Bonchev–Trinajstić information content (AvgIpc) is 2.32. The van der Waals surface area contributed by atoms with Gasteiger partial charge in [-0.1, -0.05) is 0 Å². The van der Waals surface area contributed by atoms with Gasteiger partial charge in [-0.3, -0.25) is 14.6 Å². The number of ether oxygens (including phenoxy) is 1. The van der Waals surface area contributed by atoms with Crippen molar-refractivity contribution < 1.29 is 9.53 Å². The van der Waals surface area contributed by atoms with E-state index in [1.807, 2.05) is 0 Å². The number of esters is 1. The van der Waals surface area contributed by atoms with Gasteiger partial charge in [-0.2, -0.15) is 5.26 Å². The second-order valence-electron chi connectivity index (χ2n) is 3.59. The number of nitrogens with zero attached hydrogens (tertiary/aromatic N) is 3. The third-order valence-electron chi connectivity index (χ3n) is 2.35. The molecule has 1 rings (SSSR count). The van der Waals surface area contributed by atoms with Crippen molar-refractivity contribution in [1.82, 2.24) is 9.97 Å². The van der Waals surface area contributed by atoms with Gasteiger partial charge in [-0.15, -0.1) is 0 Å². The molecule has 18 heavy (non-hydrogen) atoms. The molecule has 1 aromatic heterocycles. The fraction of sp³-hybridized carbons (Fsp3) is 0.455. The van der Waals surface area contributed by atoms with Gasteiger partial charge in [0.1, 0.15) is 6.54 Å². The van der Waals surface area contributed by atoms with Gasteiger partial charge in [0, 0.05) is 11.3 Å². The second-order valence-corrected chi connectivity index (χ2v) is 3.59. The summed E-state index contributed by atoms with van der Waals surface area (Å²) in [6.45, 7) is 4.91. The monoisotopic (exact) mass is 250 g/mol. The van der Waals surface area contributed by atoms with E-state index in [4.69, 9.17) is 10.00 Å². The molecule has 0 aliphatic rings. The van der Waals surface area contributed by atoms with Gasteiger partial charge < -0.3 is 4.74 Å². The highest BCUT2D eigenvalue weighted by molar-refractivity contribution is 5.75. The van der Waals surface area contributed by atoms with Crippen LogP contribution in [0.25, 0.3) is 0 Å². The summed E-state index contributed by atoms with van der Waals surface area (Å²) in [7, 11) is 0. The first-order valence-corrected chi connectivity index (χ1v) is 5.40. The maximum Gasteiger partial charge on any atom is 0.326 e. The van der Waals surface area contributed by atoms with E-state index in [1.165, 1.54) is 0 Å². The molecule has 0 atom stereocenters. The normalized spacial score (nSPS) is 9.67. The number of nitrogens with one attached hydrogen (secondary N) is 1. The van der Waals surface area contributed by atoms with Crippen molar-refractivity contribution in [3.05, 3.63) is 21.6 Å². The molecule has 96 valence electrons. The van der Waals surface area contributed by atoms with Crippen LogP contribution in [-0.2, 0) is 9.53 Å². The summed E-state index contributed by atoms with van der Waals surface area (Å²) in [6, 6.07) is 0. The topological polar surface area (TPSA) is 99.1 Å². The largest absolute Gasteiger partial charge is 0.465 e. The van der Waals surface area contributed by atoms with Gasteiger partial charge in [0.15, 0.2) is 6.19 Å². The molecule has 1 heterocycles. The lowest BCUT2D eigenvalue weighted by Gasteiger charge is -2.13. The molecule has 0 aliphatic carbocycles. The van der Waals surface area contributed by atoms with E-state index in [1.54, 1.807) is 27.0 Å². The second kappa shape index (κ2) is 5.82. The smallest absolute Gasteiger partial charge is 0.326 e. The lowest BCUT2D eigenvalue weighted by molar-refractivity contribution is -0.141. The first kappa shape index (κ1) is 13.7. The van der Waals surface area contributed by atoms with Crippen molar-refractivity contribution in [2.24, 2.45) is 0 Å². The van der Waals surface area contributed by atoms with E-state index < -0.39 is 5.97 Å². The minimum Gasteiger partial charge on any atom is -0.465 e. The van der Waals surface area contributed by atoms with Gasteiger partial charge in [-0.05, 0) is 20.8 Å². The van der Waals surface area contributed by atoms with Crippen LogP contribution in [0.2, 0.25) is 0 Å². The number of H-pyrrole nitrogens is 1. The van der Waals surface area contributed by atoms with Crippen LogP contribution in [0.3, 0.4) is 0 Å². The SMILES string of the molecule is CCOC(=O)CN(C#N)c1nc(C)c(C)c(=O)[nH]1. The number of aromatic amines is 1. The molecule has 0 saturated heterocycles. The van der Waals surface area contributed by atoms with E-state index >= 15 is 0 Å². The van der Waals surface area contributed by atoms with Gasteiger partial charge >= 0.3 is 5.97 Å². The first-order chi connectivity index (χ1) is 8.49. The Kier molecular flexibility index (Phi) is 4.43. The number of anilines is 1. The molecule has 0 aromatic carbocycles. The number of nitriles is 1. The fourth-order valence-corrected chi connectivity index (χ4v) is 1.25. The molecule has 7 nitrogen and oxygen atoms in total. The molecular formula is C11H14N4O3. The lowest BCUT2D eigenvalue weighted by Crippen LogP contribution is -2.30. The number of carbonyl (C=O) groups excluding carboxylic acids is 1. The summed E-state index contributed by atoms with van der Waals surface area (Å²) in [5, 5.41) is 8.95. The van der Waals surface area contributed by atoms with E-state index in [0.29, 0.717) is 11.3 Å². The molecular weight excluding hydrogens is 236 g/mol. The summed E-state index contributed by atoms with van der Waals surface area (Å²) in [4.78, 5) is 30.3. The minimum absolute atomic E-state index is 0.0404. The highest BCUT2D eigenvalue weighted by atomic mass is 16.5. The number of hydrogen-bond acceptors (Lipinski definition) is 6. The van der Waals surface area contributed by atoms with Gasteiger partial charge in [0.25, 0.3) is 5.56 Å². The standard InChI is InChI=1S/C11H14N4O3/c1-4-18-9(16)5-15(6-12)11-13-8(3)7(2)10(17)14-11/h4-5H2,1-3H3,(H,13,14,17). The van der Waals surface area contributed by atoms with Gasteiger partial charge in [0.05, 0.1) is 6.61 Å². The van der Waals surface area contributed by atoms with Crippen LogP contribution < -0.4 is 10.5 Å². The number of aromatic nitrogens is 2. The van der Waals surface area contributed by atoms with Crippen LogP contribution in [0, 0.1) is 25.3 Å². The molecule has 0 spiro atoms. The number of aryl methyl sites for hydroxylation is 1. The Bertz CT molecular complexity index is 544. The zero-order valence-corrected chi connectivity index (χ0v) is 10.5. The Morgan fingerprint density at radius 2 is 2.22 bits per heavy atom. The van der Waals surface area contributed by atoms with Crippen LogP contribution in [0.15, 0.2) is 4.79 Å². The van der Waals surface area contributed by atoms with E-state index in [0.717, 1.165) is 4.90 Å². The third kappa shape index (κ3) is 3.07. The van der Waals surface area contributed by atoms with Crippen LogP contribution in [0.5, 0.6) is 0 Å². The Morgan fingerprint density at radius 3 is 2.72 bits per heavy atom. The van der Waals surface area contributed by atoms with Gasteiger partial charge in [0.2, 0.25) is 5.95 Å². The van der Waals surface area contributed by atoms with Crippen molar-refractivity contribution in [3.63, 3.8) is 0 Å². The predicted octanol–water partition coefficient (Wildman–Crippen LogP) is 0.237. The number of carbonyl (C=O) groups is 1. The zero-order valence-electron chi connectivity index (χ0n) is 10.5. The summed E-state index contributed by atoms with van der Waals surface area (Å²) in [6.07, 6.45) is 1.78. The Balaban J connectivity index is 3.00. The quantitative estimate of drug-likeness (QED) is 0.466. The molecule has 0 unspecified atom stereocenters. The molecule has 0 radical (unpaired) electrons. The summed E-state index contributed by atoms with van der Waals surface area (Å²) in [5.41, 5.74) is 0.659. The highest BCUT2D eigenvalue weighted by Gasteiger charge is 2.15. The molecule has 1 N–H and O–H groups in total.